The number of anilines is 2. The summed E-state index contributed by atoms with van der Waals surface area (Å²) in [4.78, 5) is 24.6. The van der Waals surface area contributed by atoms with Crippen LogP contribution in [0.1, 0.15) is 5.56 Å². The van der Waals surface area contributed by atoms with Crippen LogP contribution < -0.4 is 26.4 Å². The molecule has 0 heterocycles. The van der Waals surface area contributed by atoms with Crippen LogP contribution in [0.2, 0.25) is 0 Å². The second-order valence-corrected chi connectivity index (χ2v) is 9.12. The van der Waals surface area contributed by atoms with E-state index in [0.29, 0.717) is 11.4 Å². The second kappa shape index (κ2) is 12.4. The molecule has 3 rings (SSSR count). The average molecular weight is 497 g/mol. The molecule has 183 valence electrons. The molecule has 0 spiro atoms. The monoisotopic (exact) mass is 496 g/mol. The number of alkyl carbamates (subject to hydrolysis) is 1. The Kier molecular flexibility index (Phi) is 9.04. The van der Waals surface area contributed by atoms with Gasteiger partial charge in [-0.15, -0.1) is 0 Å². The van der Waals surface area contributed by atoms with Crippen molar-refractivity contribution in [3.8, 4) is 0 Å². The zero-order chi connectivity index (χ0) is 25.1. The maximum atomic E-state index is 12.6. The summed E-state index contributed by atoms with van der Waals surface area (Å²) in [5.41, 5.74) is 7.39. The summed E-state index contributed by atoms with van der Waals surface area (Å²) >= 11 is 0. The Morgan fingerprint density at radius 2 is 1.46 bits per heavy atom. The molecule has 0 aromatic heterocycles. The molecule has 10 nitrogen and oxygen atoms in total. The number of carbonyl (C=O) groups excluding carboxylic acids is 2. The molecular formula is C24H26N5O5S. The maximum absolute atomic E-state index is 12.6. The Balaban J connectivity index is 1.59. The molecule has 0 aliphatic carbocycles. The number of nitrogens with one attached hydrogen (secondary N) is 4. The molecule has 3 aromatic carbocycles. The first-order valence-electron chi connectivity index (χ1n) is 10.6. The Morgan fingerprint density at radius 1 is 0.829 bits per heavy atom. The van der Waals surface area contributed by atoms with E-state index in [4.69, 9.17) is 10.5 Å². The SMILES string of the molecule is Nc1ccc(S(=O)(=O)NC[C](CNC(=O)OCc2ccccc2)NC(=O)Nc2ccccc2)cc1. The van der Waals surface area contributed by atoms with E-state index in [1.54, 1.807) is 30.3 Å². The summed E-state index contributed by atoms with van der Waals surface area (Å²) in [6, 6.07) is 23.1. The number of sulfonamides is 1. The van der Waals surface area contributed by atoms with E-state index in [-0.39, 0.29) is 30.6 Å². The lowest BCUT2D eigenvalue weighted by Crippen LogP contribution is -2.45. The molecule has 0 aliphatic rings. The number of hydrogen-bond acceptors (Lipinski definition) is 6. The molecule has 0 saturated carbocycles. The molecule has 3 amide bonds. The van der Waals surface area contributed by atoms with E-state index in [0.717, 1.165) is 5.56 Å². The third kappa shape index (κ3) is 8.65. The van der Waals surface area contributed by atoms with Crippen molar-refractivity contribution in [2.75, 3.05) is 24.1 Å². The van der Waals surface area contributed by atoms with Gasteiger partial charge in [0.1, 0.15) is 6.61 Å². The normalized spacial score (nSPS) is 11.0. The zero-order valence-corrected chi connectivity index (χ0v) is 19.5. The highest BCUT2D eigenvalue weighted by molar-refractivity contribution is 7.89. The van der Waals surface area contributed by atoms with E-state index in [2.05, 4.69) is 20.7 Å². The second-order valence-electron chi connectivity index (χ2n) is 7.36. The molecule has 35 heavy (non-hydrogen) atoms. The smallest absolute Gasteiger partial charge is 0.407 e. The number of para-hydroxylation sites is 1. The van der Waals surface area contributed by atoms with Crippen molar-refractivity contribution in [2.45, 2.75) is 11.5 Å². The molecule has 0 atom stereocenters. The van der Waals surface area contributed by atoms with Crippen LogP contribution in [0.3, 0.4) is 0 Å². The molecule has 0 bridgehead atoms. The Labute approximate surface area is 203 Å². The number of carbonyl (C=O) groups is 2. The number of urea groups is 1. The third-order valence-electron chi connectivity index (χ3n) is 4.65. The quantitative estimate of drug-likeness (QED) is 0.272. The van der Waals surface area contributed by atoms with Gasteiger partial charge in [-0.1, -0.05) is 48.5 Å². The minimum absolute atomic E-state index is 0.00928. The first kappa shape index (κ1) is 25.5. The number of rotatable bonds is 10. The topological polar surface area (TPSA) is 152 Å². The van der Waals surface area contributed by atoms with Crippen LogP contribution in [-0.2, 0) is 21.4 Å². The van der Waals surface area contributed by atoms with Gasteiger partial charge in [0.15, 0.2) is 0 Å². The molecular weight excluding hydrogens is 470 g/mol. The molecule has 0 fully saturated rings. The fourth-order valence-corrected chi connectivity index (χ4v) is 3.89. The van der Waals surface area contributed by atoms with E-state index in [9.17, 15) is 18.0 Å². The summed E-state index contributed by atoms with van der Waals surface area (Å²) in [5.74, 6) is 0. The van der Waals surface area contributed by atoms with Crippen LogP contribution in [-0.4, -0.2) is 33.6 Å². The highest BCUT2D eigenvalue weighted by atomic mass is 32.2. The number of hydrogen-bond donors (Lipinski definition) is 5. The van der Waals surface area contributed by atoms with Gasteiger partial charge in [-0.2, -0.15) is 0 Å². The van der Waals surface area contributed by atoms with Gasteiger partial charge in [0, 0.05) is 24.5 Å². The van der Waals surface area contributed by atoms with Crippen LogP contribution in [0.5, 0.6) is 0 Å². The fraction of sp³-hybridized carbons (Fsp3) is 0.125. The van der Waals surface area contributed by atoms with Gasteiger partial charge in [-0.3, -0.25) is 0 Å². The van der Waals surface area contributed by atoms with Crippen LogP contribution in [0.15, 0.2) is 89.8 Å². The van der Waals surface area contributed by atoms with Gasteiger partial charge in [0.2, 0.25) is 10.0 Å². The Bertz CT molecular complexity index is 1210. The van der Waals surface area contributed by atoms with Crippen molar-refractivity contribution in [1.29, 1.82) is 0 Å². The van der Waals surface area contributed by atoms with E-state index in [1.807, 2.05) is 30.3 Å². The summed E-state index contributed by atoms with van der Waals surface area (Å²) in [6.07, 6.45) is -0.724. The fourth-order valence-electron chi connectivity index (χ4n) is 2.86. The standard InChI is InChI=1S/C24H26N5O5S/c25-19-11-13-22(14-12-19)35(32,33)27-16-21(29-23(30)28-20-9-5-2-6-10-20)15-26-24(31)34-17-18-7-3-1-4-8-18/h1-14,27H,15-17,25H2,(H,26,31)(H2,28,29,30). The average Bonchev–Trinajstić information content (AvgIpc) is 2.86. The minimum atomic E-state index is -3.89. The number of benzene rings is 3. The predicted molar refractivity (Wildman–Crippen MR) is 133 cm³/mol. The number of nitrogens with two attached hydrogens (primary N) is 1. The lowest BCUT2D eigenvalue weighted by atomic mass is 10.2. The van der Waals surface area contributed by atoms with E-state index >= 15 is 0 Å². The molecule has 6 N–H and O–H groups in total. The van der Waals surface area contributed by atoms with Gasteiger partial charge in [-0.25, -0.2) is 22.7 Å². The van der Waals surface area contributed by atoms with Gasteiger partial charge >= 0.3 is 12.1 Å². The largest absolute Gasteiger partial charge is 0.445 e. The molecule has 0 aliphatic heterocycles. The summed E-state index contributed by atoms with van der Waals surface area (Å²) in [7, 11) is -3.89. The van der Waals surface area contributed by atoms with Gasteiger partial charge in [-0.05, 0) is 42.0 Å². The first-order chi connectivity index (χ1) is 16.8. The van der Waals surface area contributed by atoms with Crippen LogP contribution in [0, 0.1) is 6.04 Å². The van der Waals surface area contributed by atoms with Crippen molar-refractivity contribution in [3.63, 3.8) is 0 Å². The van der Waals surface area contributed by atoms with E-state index < -0.39 is 22.1 Å². The predicted octanol–water partition coefficient (Wildman–Crippen LogP) is 2.83. The van der Waals surface area contributed by atoms with E-state index in [1.165, 1.54) is 24.3 Å². The molecule has 0 unspecified atom stereocenters. The summed E-state index contributed by atoms with van der Waals surface area (Å²) in [5, 5.41) is 7.73. The van der Waals surface area contributed by atoms with Crippen molar-refractivity contribution in [1.82, 2.24) is 15.4 Å². The number of ether oxygens (including phenoxy) is 1. The third-order valence-corrected chi connectivity index (χ3v) is 6.06. The van der Waals surface area contributed by atoms with Gasteiger partial charge in [0.25, 0.3) is 0 Å². The van der Waals surface area contributed by atoms with Crippen molar-refractivity contribution < 1.29 is 22.7 Å². The van der Waals surface area contributed by atoms with Crippen LogP contribution in [0.25, 0.3) is 0 Å². The number of amides is 3. The van der Waals surface area contributed by atoms with Gasteiger partial charge in [0.05, 0.1) is 10.9 Å². The molecule has 11 heteroatoms. The zero-order valence-electron chi connectivity index (χ0n) is 18.7. The van der Waals surface area contributed by atoms with Crippen LogP contribution in [0.4, 0.5) is 21.0 Å². The lowest BCUT2D eigenvalue weighted by molar-refractivity contribution is 0.139. The highest BCUT2D eigenvalue weighted by Gasteiger charge is 2.20. The molecule has 1 radical (unpaired) electrons. The van der Waals surface area contributed by atoms with Crippen molar-refractivity contribution >= 4 is 33.5 Å². The first-order valence-corrected chi connectivity index (χ1v) is 12.1. The Hall–Kier alpha value is -4.09. The highest BCUT2D eigenvalue weighted by Crippen LogP contribution is 2.12. The van der Waals surface area contributed by atoms with Crippen molar-refractivity contribution in [3.05, 3.63) is 96.5 Å². The minimum Gasteiger partial charge on any atom is -0.445 e. The van der Waals surface area contributed by atoms with Crippen LogP contribution >= 0.6 is 0 Å². The molecule has 3 aromatic rings. The Morgan fingerprint density at radius 3 is 2.11 bits per heavy atom. The van der Waals surface area contributed by atoms with Gasteiger partial charge < -0.3 is 26.4 Å². The summed E-state index contributed by atoms with van der Waals surface area (Å²) in [6.45, 7) is -0.373. The lowest BCUT2D eigenvalue weighted by Gasteiger charge is -2.19. The van der Waals surface area contributed by atoms with Crippen molar-refractivity contribution in [2.24, 2.45) is 0 Å². The maximum Gasteiger partial charge on any atom is 0.407 e. The molecule has 0 saturated heterocycles. The number of nitrogen functional groups attached to an aromatic ring is 1. The summed E-state index contributed by atoms with van der Waals surface area (Å²) < 4.78 is 32.8.